The van der Waals surface area contributed by atoms with Crippen LogP contribution in [0, 0.1) is 12.8 Å². The lowest BCUT2D eigenvalue weighted by atomic mass is 10.0. The third-order valence-electron chi connectivity index (χ3n) is 7.17. The van der Waals surface area contributed by atoms with E-state index in [1.54, 1.807) is 6.20 Å². The molecule has 1 unspecified atom stereocenters. The molecule has 0 saturated carbocycles. The molecule has 5 aromatic rings. The van der Waals surface area contributed by atoms with Crippen LogP contribution in [-0.4, -0.2) is 43.2 Å². The number of carbonyl (C=O) groups excluding carboxylic acids is 2. The van der Waals surface area contributed by atoms with Crippen molar-refractivity contribution in [3.8, 4) is 0 Å². The molecule has 0 aliphatic carbocycles. The molecular weight excluding hydrogens is 522 g/mol. The van der Waals surface area contributed by atoms with E-state index < -0.39 is 30.0 Å². The molecule has 2 atom stereocenters. The van der Waals surface area contributed by atoms with Crippen LogP contribution >= 0.6 is 0 Å². The summed E-state index contributed by atoms with van der Waals surface area (Å²) in [5.74, 6) is -1.28. The van der Waals surface area contributed by atoms with Gasteiger partial charge in [0.2, 0.25) is 11.8 Å². The zero-order valence-electron chi connectivity index (χ0n) is 23.4. The molecule has 3 aromatic heterocycles. The van der Waals surface area contributed by atoms with E-state index >= 15 is 0 Å². The van der Waals surface area contributed by atoms with Gasteiger partial charge in [0.15, 0.2) is 5.69 Å². The molecule has 2 amide bonds. The SMILES string of the molecule is Cc1oc([C@@H](Cc2cn(C)c3ccccc23)NC(=O)C(CC(C)C)NC(=O)n2ccc3ccccc32)nc1C(=O)O. The highest BCUT2D eigenvalue weighted by molar-refractivity contribution is 5.94. The van der Waals surface area contributed by atoms with Gasteiger partial charge in [-0.3, -0.25) is 9.36 Å². The number of oxazole rings is 1. The van der Waals surface area contributed by atoms with Crippen molar-refractivity contribution in [1.82, 2.24) is 24.8 Å². The van der Waals surface area contributed by atoms with Crippen LogP contribution in [0.4, 0.5) is 4.79 Å². The number of carbonyl (C=O) groups is 3. The Labute approximate surface area is 237 Å². The van der Waals surface area contributed by atoms with E-state index in [0.717, 1.165) is 27.4 Å². The van der Waals surface area contributed by atoms with Gasteiger partial charge in [-0.2, -0.15) is 0 Å². The van der Waals surface area contributed by atoms with Crippen LogP contribution in [0.15, 0.2) is 71.4 Å². The number of carboxylic acid groups (broad SMARTS) is 1. The fourth-order valence-electron chi connectivity index (χ4n) is 5.23. The summed E-state index contributed by atoms with van der Waals surface area (Å²) in [6.07, 6.45) is 4.35. The van der Waals surface area contributed by atoms with Gasteiger partial charge in [-0.15, -0.1) is 0 Å². The van der Waals surface area contributed by atoms with Crippen LogP contribution in [0.2, 0.25) is 0 Å². The van der Waals surface area contributed by atoms with Crippen molar-refractivity contribution in [1.29, 1.82) is 0 Å². The highest BCUT2D eigenvalue weighted by Crippen LogP contribution is 2.27. The van der Waals surface area contributed by atoms with Gasteiger partial charge >= 0.3 is 12.0 Å². The summed E-state index contributed by atoms with van der Waals surface area (Å²) >= 11 is 0. The number of benzene rings is 2. The minimum Gasteiger partial charge on any atom is -0.476 e. The summed E-state index contributed by atoms with van der Waals surface area (Å²) in [5.41, 5.74) is 2.48. The number of aromatic carboxylic acids is 1. The number of amides is 2. The highest BCUT2D eigenvalue weighted by Gasteiger charge is 2.30. The van der Waals surface area contributed by atoms with Crippen LogP contribution in [-0.2, 0) is 18.3 Å². The molecule has 0 aliphatic rings. The predicted molar refractivity (Wildman–Crippen MR) is 155 cm³/mol. The monoisotopic (exact) mass is 555 g/mol. The molecule has 3 heterocycles. The number of aromatic nitrogens is 3. The number of hydrogen-bond acceptors (Lipinski definition) is 5. The second-order valence-electron chi connectivity index (χ2n) is 10.7. The van der Waals surface area contributed by atoms with Gasteiger partial charge in [-0.05, 0) is 43.0 Å². The van der Waals surface area contributed by atoms with Crippen LogP contribution < -0.4 is 10.6 Å². The number of hydrogen-bond donors (Lipinski definition) is 3. The smallest absolute Gasteiger partial charge is 0.358 e. The Kier molecular flexibility index (Phi) is 7.65. The summed E-state index contributed by atoms with van der Waals surface area (Å²) in [5, 5.41) is 17.4. The van der Waals surface area contributed by atoms with Crippen LogP contribution in [0.25, 0.3) is 21.8 Å². The van der Waals surface area contributed by atoms with E-state index in [4.69, 9.17) is 4.42 Å². The quantitative estimate of drug-likeness (QED) is 0.229. The van der Waals surface area contributed by atoms with Crippen molar-refractivity contribution in [3.63, 3.8) is 0 Å². The van der Waals surface area contributed by atoms with Crippen LogP contribution in [0.1, 0.15) is 54.0 Å². The van der Waals surface area contributed by atoms with Gasteiger partial charge in [-0.25, -0.2) is 14.6 Å². The lowest BCUT2D eigenvalue weighted by molar-refractivity contribution is -0.124. The second-order valence-corrected chi connectivity index (χ2v) is 10.7. The normalized spacial score (nSPS) is 13.0. The van der Waals surface area contributed by atoms with Crippen LogP contribution in [0.3, 0.4) is 0 Å². The maximum atomic E-state index is 13.8. The molecule has 0 fully saturated rings. The molecule has 41 heavy (non-hydrogen) atoms. The average Bonchev–Trinajstić information content (AvgIpc) is 3.63. The Morgan fingerprint density at radius 1 is 1.00 bits per heavy atom. The minimum atomic E-state index is -1.21. The Hall–Kier alpha value is -4.86. The molecule has 0 radical (unpaired) electrons. The van der Waals surface area contributed by atoms with Gasteiger partial charge in [0.25, 0.3) is 0 Å². The molecule has 0 spiro atoms. The number of carboxylic acids is 1. The first kappa shape index (κ1) is 27.7. The third kappa shape index (κ3) is 5.72. The molecule has 0 aliphatic heterocycles. The molecule has 10 heteroatoms. The van der Waals surface area contributed by atoms with Crippen molar-refractivity contribution < 1.29 is 23.9 Å². The molecule has 10 nitrogen and oxygen atoms in total. The number of rotatable bonds is 9. The number of nitrogens with zero attached hydrogens (tertiary/aromatic N) is 3. The number of aryl methyl sites for hydroxylation is 2. The van der Waals surface area contributed by atoms with Crippen molar-refractivity contribution in [3.05, 3.63) is 89.9 Å². The van der Waals surface area contributed by atoms with E-state index in [2.05, 4.69) is 15.6 Å². The maximum absolute atomic E-state index is 13.8. The Morgan fingerprint density at radius 2 is 1.71 bits per heavy atom. The molecule has 2 aromatic carbocycles. The van der Waals surface area contributed by atoms with Crippen LogP contribution in [0.5, 0.6) is 0 Å². The maximum Gasteiger partial charge on any atom is 0.358 e. The summed E-state index contributed by atoms with van der Waals surface area (Å²) in [4.78, 5) is 43.0. The first-order chi connectivity index (χ1) is 19.6. The van der Waals surface area contributed by atoms with Gasteiger partial charge in [-0.1, -0.05) is 50.2 Å². The lowest BCUT2D eigenvalue weighted by Crippen LogP contribution is -2.49. The van der Waals surface area contributed by atoms with Gasteiger partial charge in [0, 0.05) is 42.2 Å². The average molecular weight is 556 g/mol. The Balaban J connectivity index is 1.45. The third-order valence-corrected chi connectivity index (χ3v) is 7.17. The topological polar surface area (TPSA) is 131 Å². The molecule has 5 rings (SSSR count). The van der Waals surface area contributed by atoms with Gasteiger partial charge in [0.05, 0.1) is 5.52 Å². The van der Waals surface area contributed by atoms with E-state index in [1.807, 2.05) is 86.3 Å². The van der Waals surface area contributed by atoms with Crippen molar-refractivity contribution in [2.45, 2.75) is 45.7 Å². The fraction of sp³-hybridized carbons (Fsp3) is 0.290. The van der Waals surface area contributed by atoms with Crippen molar-refractivity contribution in [2.24, 2.45) is 13.0 Å². The predicted octanol–water partition coefficient (Wildman–Crippen LogP) is 5.20. The summed E-state index contributed by atoms with van der Waals surface area (Å²) in [6.45, 7) is 5.48. The summed E-state index contributed by atoms with van der Waals surface area (Å²) in [6, 6.07) is 15.2. The first-order valence-corrected chi connectivity index (χ1v) is 13.5. The number of para-hydroxylation sites is 2. The molecule has 0 saturated heterocycles. The molecule has 0 bridgehead atoms. The van der Waals surface area contributed by atoms with E-state index in [-0.39, 0.29) is 23.3 Å². The van der Waals surface area contributed by atoms with Gasteiger partial charge < -0.3 is 24.7 Å². The van der Waals surface area contributed by atoms with E-state index in [0.29, 0.717) is 12.8 Å². The van der Waals surface area contributed by atoms with E-state index in [1.165, 1.54) is 11.5 Å². The first-order valence-electron chi connectivity index (χ1n) is 13.5. The minimum absolute atomic E-state index is 0.0900. The Morgan fingerprint density at radius 3 is 2.41 bits per heavy atom. The zero-order valence-corrected chi connectivity index (χ0v) is 23.4. The molecular formula is C31H33N5O5. The summed E-state index contributed by atoms with van der Waals surface area (Å²) in [7, 11) is 1.94. The number of nitrogens with one attached hydrogen (secondary N) is 2. The zero-order chi connectivity index (χ0) is 29.3. The number of fused-ring (bicyclic) bond motifs is 2. The van der Waals surface area contributed by atoms with Crippen molar-refractivity contribution in [2.75, 3.05) is 0 Å². The fourth-order valence-corrected chi connectivity index (χ4v) is 5.23. The summed E-state index contributed by atoms with van der Waals surface area (Å²) < 4.78 is 9.26. The van der Waals surface area contributed by atoms with Gasteiger partial charge in [0.1, 0.15) is 17.8 Å². The lowest BCUT2D eigenvalue weighted by Gasteiger charge is -2.23. The standard InChI is InChI=1S/C31H33N5O5/c1-18(2)15-23(33-31(40)36-14-13-20-9-5-7-11-25(20)36)28(37)32-24(29-34-27(30(38)39)19(3)41-29)16-21-17-35(4)26-12-8-6-10-22(21)26/h5-14,17-18,23-24H,15-16H2,1-4H3,(H,32,37)(H,33,40)(H,38,39)/t23?,24-/m1/s1. The molecule has 3 N–H and O–H groups in total. The van der Waals surface area contributed by atoms with Crippen molar-refractivity contribution >= 4 is 39.7 Å². The highest BCUT2D eigenvalue weighted by atomic mass is 16.4. The van der Waals surface area contributed by atoms with E-state index in [9.17, 15) is 19.5 Å². The Bertz CT molecular complexity index is 1740. The molecule has 212 valence electrons. The largest absolute Gasteiger partial charge is 0.476 e. The second kappa shape index (κ2) is 11.3.